The van der Waals surface area contributed by atoms with Crippen molar-refractivity contribution in [3.05, 3.63) is 41.0 Å². The van der Waals surface area contributed by atoms with Crippen LogP contribution in [0.4, 0.5) is 0 Å². The Hall–Kier alpha value is -1.69. The van der Waals surface area contributed by atoms with E-state index in [1.165, 1.54) is 0 Å². The van der Waals surface area contributed by atoms with Crippen molar-refractivity contribution in [1.82, 2.24) is 15.6 Å². The van der Waals surface area contributed by atoms with Gasteiger partial charge in [0.1, 0.15) is 0 Å². The number of fused-ring (bicyclic) bond motifs is 1. The molecule has 3 rings (SSSR count). The van der Waals surface area contributed by atoms with Crippen molar-refractivity contribution in [1.29, 1.82) is 0 Å². The fraction of sp³-hybridized carbons (Fsp3) is 0.412. The van der Waals surface area contributed by atoms with E-state index < -0.39 is 0 Å². The molecule has 1 aliphatic heterocycles. The van der Waals surface area contributed by atoms with Crippen molar-refractivity contribution in [2.24, 2.45) is 0 Å². The molecule has 1 fully saturated rings. The molecule has 1 amide bonds. The second-order valence-corrected chi connectivity index (χ2v) is 6.24. The number of rotatable bonds is 4. The summed E-state index contributed by atoms with van der Waals surface area (Å²) in [5.74, 6) is -0.159. The number of carbonyl (C=O) groups excluding carboxylic acids is 1. The van der Waals surface area contributed by atoms with E-state index in [9.17, 15) is 4.79 Å². The second kappa shape index (κ2) is 7.25. The molecule has 5 nitrogen and oxygen atoms in total. The first-order chi connectivity index (χ1) is 11.1. The highest BCUT2D eigenvalue weighted by atomic mass is 35.5. The van der Waals surface area contributed by atoms with Crippen LogP contribution < -0.4 is 10.6 Å². The highest BCUT2D eigenvalue weighted by Crippen LogP contribution is 2.22. The Labute approximate surface area is 140 Å². The van der Waals surface area contributed by atoms with Crippen LogP contribution >= 0.6 is 11.6 Å². The highest BCUT2D eigenvalue weighted by molar-refractivity contribution is 6.32. The number of pyridine rings is 1. The molecule has 6 heteroatoms. The van der Waals surface area contributed by atoms with Crippen LogP contribution in [0.2, 0.25) is 5.02 Å². The zero-order valence-corrected chi connectivity index (χ0v) is 13.8. The average Bonchev–Trinajstić information content (AvgIpc) is 2.54. The standard InChI is InChI=1S/C17H20ClN3O2/c1-11-9-19-10-14(23-11)4-6-21-17(22)15-8-13(18)7-12-3-2-5-20-16(12)15/h2-3,5,7-8,11,14,19H,4,6,9-10H2,1H3,(H,21,22). The smallest absolute Gasteiger partial charge is 0.253 e. The number of morpholine rings is 1. The van der Waals surface area contributed by atoms with Crippen LogP contribution in [-0.4, -0.2) is 42.7 Å². The maximum absolute atomic E-state index is 12.5. The first kappa shape index (κ1) is 16.2. The summed E-state index contributed by atoms with van der Waals surface area (Å²) in [6, 6.07) is 7.19. The molecule has 122 valence electrons. The third kappa shape index (κ3) is 3.99. The minimum Gasteiger partial charge on any atom is -0.373 e. The molecule has 0 radical (unpaired) electrons. The minimum absolute atomic E-state index is 0.133. The molecule has 23 heavy (non-hydrogen) atoms. The van der Waals surface area contributed by atoms with E-state index in [-0.39, 0.29) is 18.1 Å². The lowest BCUT2D eigenvalue weighted by Gasteiger charge is -2.28. The lowest BCUT2D eigenvalue weighted by molar-refractivity contribution is -0.0301. The summed E-state index contributed by atoms with van der Waals surface area (Å²) >= 11 is 6.10. The van der Waals surface area contributed by atoms with Gasteiger partial charge in [0.15, 0.2) is 0 Å². The molecule has 0 aliphatic carbocycles. The molecule has 1 saturated heterocycles. The van der Waals surface area contributed by atoms with Crippen molar-refractivity contribution in [2.75, 3.05) is 19.6 Å². The molecule has 2 N–H and O–H groups in total. The molecule has 0 spiro atoms. The lowest BCUT2D eigenvalue weighted by atomic mass is 10.1. The average molecular weight is 334 g/mol. The number of amides is 1. The van der Waals surface area contributed by atoms with Crippen LogP contribution in [0.1, 0.15) is 23.7 Å². The van der Waals surface area contributed by atoms with Gasteiger partial charge in [0.2, 0.25) is 0 Å². The number of hydrogen-bond donors (Lipinski definition) is 2. The van der Waals surface area contributed by atoms with Gasteiger partial charge in [-0.15, -0.1) is 0 Å². The summed E-state index contributed by atoms with van der Waals surface area (Å²) < 4.78 is 5.82. The van der Waals surface area contributed by atoms with Crippen molar-refractivity contribution >= 4 is 28.4 Å². The van der Waals surface area contributed by atoms with Gasteiger partial charge in [-0.25, -0.2) is 0 Å². The molecular formula is C17H20ClN3O2. The van der Waals surface area contributed by atoms with Gasteiger partial charge in [-0.05, 0) is 31.5 Å². The fourth-order valence-electron chi connectivity index (χ4n) is 2.81. The number of nitrogens with one attached hydrogen (secondary N) is 2. The third-order valence-corrected chi connectivity index (χ3v) is 4.11. The zero-order valence-electron chi connectivity index (χ0n) is 13.0. The Balaban J connectivity index is 1.64. The van der Waals surface area contributed by atoms with E-state index in [1.807, 2.05) is 25.1 Å². The molecule has 0 saturated carbocycles. The Bertz CT molecular complexity index is 707. The number of ether oxygens (including phenoxy) is 1. The zero-order chi connectivity index (χ0) is 16.2. The van der Waals surface area contributed by atoms with Crippen molar-refractivity contribution in [2.45, 2.75) is 25.6 Å². The maximum Gasteiger partial charge on any atom is 0.253 e. The van der Waals surface area contributed by atoms with Gasteiger partial charge in [-0.2, -0.15) is 0 Å². The number of benzene rings is 1. The SMILES string of the molecule is CC1CNCC(CCNC(=O)c2cc(Cl)cc3cccnc23)O1. The Kier molecular flexibility index (Phi) is 5.10. The number of halogens is 1. The molecule has 0 bridgehead atoms. The van der Waals surface area contributed by atoms with Crippen LogP contribution in [0.3, 0.4) is 0 Å². The van der Waals surface area contributed by atoms with Gasteiger partial charge in [0.25, 0.3) is 5.91 Å². The van der Waals surface area contributed by atoms with E-state index in [1.54, 1.807) is 12.3 Å². The summed E-state index contributed by atoms with van der Waals surface area (Å²) in [7, 11) is 0. The lowest BCUT2D eigenvalue weighted by Crippen LogP contribution is -2.44. The third-order valence-electron chi connectivity index (χ3n) is 3.89. The second-order valence-electron chi connectivity index (χ2n) is 5.80. The van der Waals surface area contributed by atoms with Gasteiger partial charge in [-0.1, -0.05) is 17.7 Å². The van der Waals surface area contributed by atoms with Crippen molar-refractivity contribution < 1.29 is 9.53 Å². The van der Waals surface area contributed by atoms with Gasteiger partial charge in [0.05, 0.1) is 23.3 Å². The molecule has 2 unspecified atom stereocenters. The van der Waals surface area contributed by atoms with Crippen LogP contribution in [0.5, 0.6) is 0 Å². The van der Waals surface area contributed by atoms with Crippen molar-refractivity contribution in [3.63, 3.8) is 0 Å². The van der Waals surface area contributed by atoms with Gasteiger partial charge < -0.3 is 15.4 Å². The van der Waals surface area contributed by atoms with Gasteiger partial charge >= 0.3 is 0 Å². The largest absolute Gasteiger partial charge is 0.373 e. The monoisotopic (exact) mass is 333 g/mol. The first-order valence-corrected chi connectivity index (χ1v) is 8.20. The first-order valence-electron chi connectivity index (χ1n) is 7.82. The summed E-state index contributed by atoms with van der Waals surface area (Å²) in [6.07, 6.45) is 2.80. The van der Waals surface area contributed by atoms with E-state index in [0.717, 1.165) is 24.9 Å². The van der Waals surface area contributed by atoms with E-state index >= 15 is 0 Å². The summed E-state index contributed by atoms with van der Waals surface area (Å²) in [5, 5.41) is 7.65. The van der Waals surface area contributed by atoms with Crippen molar-refractivity contribution in [3.8, 4) is 0 Å². The summed E-state index contributed by atoms with van der Waals surface area (Å²) in [5.41, 5.74) is 1.17. The number of aromatic nitrogens is 1. The topological polar surface area (TPSA) is 63.2 Å². The molecule has 1 aromatic carbocycles. The minimum atomic E-state index is -0.159. The molecule has 2 aromatic rings. The Morgan fingerprint density at radius 2 is 2.35 bits per heavy atom. The highest BCUT2D eigenvalue weighted by Gasteiger charge is 2.19. The van der Waals surface area contributed by atoms with E-state index in [2.05, 4.69) is 15.6 Å². The molecule has 2 atom stereocenters. The van der Waals surface area contributed by atoms with Crippen LogP contribution in [0.15, 0.2) is 30.5 Å². The predicted octanol–water partition coefficient (Wildman–Crippen LogP) is 2.39. The molecule has 1 aliphatic rings. The maximum atomic E-state index is 12.5. The predicted molar refractivity (Wildman–Crippen MR) is 90.9 cm³/mol. The molecular weight excluding hydrogens is 314 g/mol. The Morgan fingerprint density at radius 1 is 1.48 bits per heavy atom. The quantitative estimate of drug-likeness (QED) is 0.901. The number of nitrogens with zero attached hydrogens (tertiary/aromatic N) is 1. The van der Waals surface area contributed by atoms with Crippen LogP contribution in [0, 0.1) is 0 Å². The molecule has 2 heterocycles. The van der Waals surface area contributed by atoms with Crippen LogP contribution in [0.25, 0.3) is 10.9 Å². The summed E-state index contributed by atoms with van der Waals surface area (Å²) in [6.45, 7) is 4.30. The summed E-state index contributed by atoms with van der Waals surface area (Å²) in [4.78, 5) is 16.7. The van der Waals surface area contributed by atoms with Gasteiger partial charge in [-0.3, -0.25) is 9.78 Å². The van der Waals surface area contributed by atoms with Crippen LogP contribution in [-0.2, 0) is 4.74 Å². The van der Waals surface area contributed by atoms with Gasteiger partial charge in [0, 0.05) is 36.2 Å². The fourth-order valence-corrected chi connectivity index (χ4v) is 3.04. The number of hydrogen-bond acceptors (Lipinski definition) is 4. The normalized spacial score (nSPS) is 21.3. The molecule has 1 aromatic heterocycles. The van der Waals surface area contributed by atoms with E-state index in [4.69, 9.17) is 16.3 Å². The van der Waals surface area contributed by atoms with E-state index in [0.29, 0.717) is 22.6 Å². The number of carbonyl (C=O) groups is 1. The Morgan fingerprint density at radius 3 is 3.17 bits per heavy atom.